The minimum Gasteiger partial charge on any atom is -0.457 e. The van der Waals surface area contributed by atoms with E-state index in [-0.39, 0.29) is 17.0 Å². The maximum atomic E-state index is 13.0. The van der Waals surface area contributed by atoms with Crippen molar-refractivity contribution < 1.29 is 27.5 Å². The lowest BCUT2D eigenvalue weighted by molar-refractivity contribution is -0.138. The Kier molecular flexibility index (Phi) is 5.22. The van der Waals surface area contributed by atoms with Crippen LogP contribution in [0.25, 0.3) is 0 Å². The monoisotopic (exact) mass is 381 g/mol. The Morgan fingerprint density at radius 1 is 1.19 bits per heavy atom. The predicted octanol–water partition coefficient (Wildman–Crippen LogP) is 4.50. The summed E-state index contributed by atoms with van der Waals surface area (Å²) in [5, 5.41) is 2.70. The lowest BCUT2D eigenvalue weighted by atomic mass is 10.1. The Morgan fingerprint density at radius 3 is 2.73 bits per heavy atom. The Bertz CT molecular complexity index is 852. The summed E-state index contributed by atoms with van der Waals surface area (Å²) in [7, 11) is 0. The molecule has 3 rings (SSSR count). The van der Waals surface area contributed by atoms with Crippen LogP contribution >= 0.6 is 11.8 Å². The van der Waals surface area contributed by atoms with Gasteiger partial charge in [-0.05, 0) is 24.3 Å². The van der Waals surface area contributed by atoms with Gasteiger partial charge in [0, 0.05) is 22.6 Å². The third-order valence-electron chi connectivity index (χ3n) is 3.76. The van der Waals surface area contributed by atoms with Crippen molar-refractivity contribution in [2.24, 2.45) is 0 Å². The van der Waals surface area contributed by atoms with Crippen molar-refractivity contribution >= 4 is 29.3 Å². The van der Waals surface area contributed by atoms with Crippen molar-refractivity contribution in [3.05, 3.63) is 59.2 Å². The predicted molar refractivity (Wildman–Crippen MR) is 91.0 cm³/mol. The molecule has 0 saturated heterocycles. The van der Waals surface area contributed by atoms with Crippen LogP contribution in [-0.4, -0.2) is 17.6 Å². The first kappa shape index (κ1) is 18.3. The SMILES string of the molecule is O=C1CCSc2ccc(C(=O)OCc3ccccc3C(F)(F)F)cc2N1. The molecule has 0 atom stereocenters. The molecule has 2 aromatic rings. The lowest BCUT2D eigenvalue weighted by Crippen LogP contribution is -2.13. The number of carbonyl (C=O) groups is 2. The zero-order valence-corrected chi connectivity index (χ0v) is 14.2. The molecule has 0 saturated carbocycles. The standard InChI is InChI=1S/C18H14F3NO3S/c19-18(20,21)13-4-2-1-3-12(13)10-25-17(24)11-5-6-15-14(9-11)22-16(23)7-8-26-15/h1-6,9H,7-8,10H2,(H,22,23). The second-order valence-corrected chi connectivity index (χ2v) is 6.73. The molecule has 26 heavy (non-hydrogen) atoms. The normalized spacial score (nSPS) is 14.2. The van der Waals surface area contributed by atoms with Gasteiger partial charge in [-0.25, -0.2) is 4.79 Å². The molecule has 1 amide bonds. The maximum absolute atomic E-state index is 13.0. The van der Waals surface area contributed by atoms with E-state index in [1.807, 2.05) is 0 Å². The van der Waals surface area contributed by atoms with Crippen LogP contribution in [0.4, 0.5) is 18.9 Å². The van der Waals surface area contributed by atoms with Crippen molar-refractivity contribution in [3.63, 3.8) is 0 Å². The molecule has 1 aliphatic heterocycles. The van der Waals surface area contributed by atoms with E-state index in [1.165, 1.54) is 42.1 Å². The summed E-state index contributed by atoms with van der Waals surface area (Å²) in [6.45, 7) is -0.493. The molecular formula is C18H14F3NO3S. The lowest BCUT2D eigenvalue weighted by Gasteiger charge is -2.13. The molecule has 0 aromatic heterocycles. The molecule has 136 valence electrons. The van der Waals surface area contributed by atoms with E-state index in [2.05, 4.69) is 5.32 Å². The highest BCUT2D eigenvalue weighted by Crippen LogP contribution is 2.33. The van der Waals surface area contributed by atoms with E-state index in [0.29, 0.717) is 17.9 Å². The number of hydrogen-bond donors (Lipinski definition) is 1. The van der Waals surface area contributed by atoms with Gasteiger partial charge in [0.25, 0.3) is 0 Å². The summed E-state index contributed by atoms with van der Waals surface area (Å²) in [4.78, 5) is 24.7. The summed E-state index contributed by atoms with van der Waals surface area (Å²) < 4.78 is 44.0. The van der Waals surface area contributed by atoms with Crippen molar-refractivity contribution in [2.45, 2.75) is 24.1 Å². The van der Waals surface area contributed by atoms with Gasteiger partial charge in [0.1, 0.15) is 6.61 Å². The third kappa shape index (κ3) is 4.19. The average molecular weight is 381 g/mol. The fraction of sp³-hybridized carbons (Fsp3) is 0.222. The molecule has 0 radical (unpaired) electrons. The number of hydrogen-bond acceptors (Lipinski definition) is 4. The first-order valence-electron chi connectivity index (χ1n) is 7.73. The van der Waals surface area contributed by atoms with Gasteiger partial charge in [-0.1, -0.05) is 18.2 Å². The number of carbonyl (C=O) groups excluding carboxylic acids is 2. The summed E-state index contributed by atoms with van der Waals surface area (Å²) in [6, 6.07) is 9.63. The van der Waals surface area contributed by atoms with E-state index >= 15 is 0 Å². The summed E-state index contributed by atoms with van der Waals surface area (Å²) in [6.07, 6.45) is -4.15. The molecule has 0 unspecified atom stereocenters. The molecule has 1 heterocycles. The number of amides is 1. The number of esters is 1. The molecular weight excluding hydrogens is 367 g/mol. The fourth-order valence-corrected chi connectivity index (χ4v) is 3.43. The van der Waals surface area contributed by atoms with E-state index in [1.54, 1.807) is 6.07 Å². The number of thioether (sulfide) groups is 1. The summed E-state index contributed by atoms with van der Waals surface area (Å²) in [5.41, 5.74) is -0.288. The van der Waals surface area contributed by atoms with E-state index in [9.17, 15) is 22.8 Å². The minimum atomic E-state index is -4.52. The van der Waals surface area contributed by atoms with Crippen molar-refractivity contribution in [3.8, 4) is 0 Å². The van der Waals surface area contributed by atoms with Gasteiger partial charge in [-0.3, -0.25) is 4.79 Å². The minimum absolute atomic E-state index is 0.119. The number of rotatable bonds is 3. The number of anilines is 1. The number of nitrogens with one attached hydrogen (secondary N) is 1. The number of halogens is 3. The molecule has 8 heteroatoms. The van der Waals surface area contributed by atoms with Crippen LogP contribution in [-0.2, 0) is 22.3 Å². The van der Waals surface area contributed by atoms with Gasteiger partial charge in [-0.2, -0.15) is 13.2 Å². The largest absolute Gasteiger partial charge is 0.457 e. The van der Waals surface area contributed by atoms with Crippen LogP contribution in [0.15, 0.2) is 47.4 Å². The van der Waals surface area contributed by atoms with Gasteiger partial charge < -0.3 is 10.1 Å². The molecule has 0 aliphatic carbocycles. The molecule has 0 fully saturated rings. The fourth-order valence-electron chi connectivity index (χ4n) is 2.50. The molecule has 2 aromatic carbocycles. The van der Waals surface area contributed by atoms with Gasteiger partial charge >= 0.3 is 12.1 Å². The van der Waals surface area contributed by atoms with Gasteiger partial charge in [-0.15, -0.1) is 11.8 Å². The Hall–Kier alpha value is -2.48. The van der Waals surface area contributed by atoms with Gasteiger partial charge in [0.05, 0.1) is 16.8 Å². The molecule has 0 spiro atoms. The first-order valence-corrected chi connectivity index (χ1v) is 8.72. The van der Waals surface area contributed by atoms with Crippen LogP contribution < -0.4 is 5.32 Å². The van der Waals surface area contributed by atoms with E-state index < -0.39 is 24.3 Å². The second kappa shape index (κ2) is 7.41. The highest BCUT2D eigenvalue weighted by molar-refractivity contribution is 7.99. The summed E-state index contributed by atoms with van der Waals surface area (Å²) in [5.74, 6) is -0.272. The number of benzene rings is 2. The van der Waals surface area contributed by atoms with Gasteiger partial charge in [0.15, 0.2) is 0 Å². The van der Waals surface area contributed by atoms with E-state index in [4.69, 9.17) is 4.74 Å². The highest BCUT2D eigenvalue weighted by Gasteiger charge is 2.33. The zero-order chi connectivity index (χ0) is 18.7. The van der Waals surface area contributed by atoms with Crippen molar-refractivity contribution in [2.75, 3.05) is 11.1 Å². The van der Waals surface area contributed by atoms with Crippen LogP contribution in [0, 0.1) is 0 Å². The van der Waals surface area contributed by atoms with Crippen molar-refractivity contribution in [1.82, 2.24) is 0 Å². The molecule has 1 aliphatic rings. The van der Waals surface area contributed by atoms with Crippen molar-refractivity contribution in [1.29, 1.82) is 0 Å². The Balaban J connectivity index is 1.75. The van der Waals surface area contributed by atoms with Crippen LogP contribution in [0.1, 0.15) is 27.9 Å². The van der Waals surface area contributed by atoms with Crippen LogP contribution in [0.2, 0.25) is 0 Å². The van der Waals surface area contributed by atoms with Gasteiger partial charge in [0.2, 0.25) is 5.91 Å². The third-order valence-corrected chi connectivity index (χ3v) is 4.83. The van der Waals surface area contributed by atoms with Crippen LogP contribution in [0.5, 0.6) is 0 Å². The highest BCUT2D eigenvalue weighted by atomic mass is 32.2. The molecule has 1 N–H and O–H groups in total. The zero-order valence-electron chi connectivity index (χ0n) is 13.4. The van der Waals surface area contributed by atoms with Crippen LogP contribution in [0.3, 0.4) is 0 Å². The average Bonchev–Trinajstić information content (AvgIpc) is 2.78. The number of fused-ring (bicyclic) bond motifs is 1. The Morgan fingerprint density at radius 2 is 1.96 bits per heavy atom. The molecule has 4 nitrogen and oxygen atoms in total. The van der Waals surface area contributed by atoms with E-state index in [0.717, 1.165) is 11.0 Å². The maximum Gasteiger partial charge on any atom is 0.416 e. The molecule has 0 bridgehead atoms. The first-order chi connectivity index (χ1) is 12.3. The quantitative estimate of drug-likeness (QED) is 0.796. The number of alkyl halides is 3. The smallest absolute Gasteiger partial charge is 0.416 e. The summed E-state index contributed by atoms with van der Waals surface area (Å²) >= 11 is 1.49. The Labute approximate surface area is 151 Å². The topological polar surface area (TPSA) is 55.4 Å². The number of ether oxygens (including phenoxy) is 1. The second-order valence-electron chi connectivity index (χ2n) is 5.59.